The highest BCUT2D eigenvalue weighted by Gasteiger charge is 2.13. The average molecular weight is 324 g/mol. The number of aromatic nitrogens is 1. The molecule has 0 bridgehead atoms. The zero-order valence-electron chi connectivity index (χ0n) is 13.4. The number of hydrogen-bond donors (Lipinski definition) is 2. The maximum absolute atomic E-state index is 12.2. The molecule has 6 nitrogen and oxygen atoms in total. The summed E-state index contributed by atoms with van der Waals surface area (Å²) >= 11 is 0. The van der Waals surface area contributed by atoms with E-state index in [0.717, 1.165) is 24.5 Å². The molecule has 0 spiro atoms. The maximum Gasteiger partial charge on any atom is 0.251 e. The number of rotatable bonds is 5. The summed E-state index contributed by atoms with van der Waals surface area (Å²) in [5, 5.41) is 2.83. The lowest BCUT2D eigenvalue weighted by Crippen LogP contribution is -2.24. The Morgan fingerprint density at radius 1 is 1.12 bits per heavy atom. The molecule has 3 rings (SSSR count). The lowest BCUT2D eigenvalue weighted by atomic mass is 10.1. The molecule has 0 atom stereocenters. The summed E-state index contributed by atoms with van der Waals surface area (Å²) in [6.07, 6.45) is 4.21. The van der Waals surface area contributed by atoms with Gasteiger partial charge in [-0.2, -0.15) is 0 Å². The summed E-state index contributed by atoms with van der Waals surface area (Å²) in [5.41, 5.74) is 6.89. The number of pyridine rings is 1. The van der Waals surface area contributed by atoms with Crippen molar-refractivity contribution in [2.24, 2.45) is 5.73 Å². The fourth-order valence-corrected chi connectivity index (χ4v) is 2.75. The van der Waals surface area contributed by atoms with Crippen molar-refractivity contribution in [3.8, 4) is 0 Å². The lowest BCUT2D eigenvalue weighted by Gasteiger charge is -2.16. The van der Waals surface area contributed by atoms with Gasteiger partial charge in [-0.25, -0.2) is 4.98 Å². The van der Waals surface area contributed by atoms with E-state index in [2.05, 4.69) is 15.2 Å². The van der Waals surface area contributed by atoms with E-state index >= 15 is 0 Å². The van der Waals surface area contributed by atoms with Gasteiger partial charge in [0.2, 0.25) is 5.91 Å². The van der Waals surface area contributed by atoms with Gasteiger partial charge in [-0.05, 0) is 42.7 Å². The molecule has 2 heterocycles. The van der Waals surface area contributed by atoms with Crippen LogP contribution in [0.4, 0.5) is 5.82 Å². The number of nitrogens with one attached hydrogen (secondary N) is 1. The summed E-state index contributed by atoms with van der Waals surface area (Å²) in [4.78, 5) is 30.1. The quantitative estimate of drug-likeness (QED) is 0.876. The largest absolute Gasteiger partial charge is 0.366 e. The molecule has 2 amide bonds. The van der Waals surface area contributed by atoms with E-state index in [-0.39, 0.29) is 5.91 Å². The van der Waals surface area contributed by atoms with Crippen LogP contribution in [-0.4, -0.2) is 29.9 Å². The molecule has 1 aromatic heterocycles. The van der Waals surface area contributed by atoms with Gasteiger partial charge in [0.25, 0.3) is 5.91 Å². The van der Waals surface area contributed by atoms with Crippen LogP contribution in [0.1, 0.15) is 39.1 Å². The van der Waals surface area contributed by atoms with Crippen molar-refractivity contribution < 1.29 is 9.59 Å². The topological polar surface area (TPSA) is 88.3 Å². The fraction of sp³-hybridized carbons (Fsp3) is 0.278. The van der Waals surface area contributed by atoms with E-state index in [1.807, 2.05) is 12.1 Å². The third-order valence-corrected chi connectivity index (χ3v) is 4.10. The van der Waals surface area contributed by atoms with Crippen LogP contribution in [0.15, 0.2) is 42.6 Å². The molecule has 0 aliphatic carbocycles. The Bertz CT molecular complexity index is 737. The van der Waals surface area contributed by atoms with Crippen LogP contribution >= 0.6 is 0 Å². The molecule has 1 saturated heterocycles. The van der Waals surface area contributed by atoms with Gasteiger partial charge in [-0.3, -0.25) is 9.59 Å². The Balaban J connectivity index is 1.59. The monoisotopic (exact) mass is 324 g/mol. The highest BCUT2D eigenvalue weighted by molar-refractivity contribution is 5.99. The van der Waals surface area contributed by atoms with E-state index in [1.54, 1.807) is 24.4 Å². The molecule has 0 unspecified atom stereocenters. The predicted molar refractivity (Wildman–Crippen MR) is 91.8 cm³/mol. The van der Waals surface area contributed by atoms with Gasteiger partial charge >= 0.3 is 0 Å². The first-order chi connectivity index (χ1) is 11.6. The number of carbonyl (C=O) groups excluding carboxylic acids is 2. The van der Waals surface area contributed by atoms with Crippen molar-refractivity contribution in [2.75, 3.05) is 18.0 Å². The first-order valence-corrected chi connectivity index (χ1v) is 8.01. The Morgan fingerprint density at radius 2 is 1.88 bits per heavy atom. The summed E-state index contributed by atoms with van der Waals surface area (Å²) in [6, 6.07) is 10.3. The van der Waals surface area contributed by atoms with Crippen LogP contribution in [-0.2, 0) is 6.54 Å². The molecule has 2 aromatic rings. The summed E-state index contributed by atoms with van der Waals surface area (Å²) < 4.78 is 0. The minimum Gasteiger partial charge on any atom is -0.366 e. The molecule has 24 heavy (non-hydrogen) atoms. The highest BCUT2D eigenvalue weighted by atomic mass is 16.2. The van der Waals surface area contributed by atoms with Crippen molar-refractivity contribution in [3.63, 3.8) is 0 Å². The second-order valence-corrected chi connectivity index (χ2v) is 5.85. The third-order valence-electron chi connectivity index (χ3n) is 4.10. The third kappa shape index (κ3) is 3.71. The SMILES string of the molecule is NC(=O)c1cccc(C(=O)NCc2ccc(N3CCCC3)nc2)c1. The number of amides is 2. The Labute approximate surface area is 140 Å². The smallest absolute Gasteiger partial charge is 0.251 e. The molecular formula is C18H20N4O2. The molecule has 1 fully saturated rings. The van der Waals surface area contributed by atoms with E-state index in [1.165, 1.54) is 18.9 Å². The molecule has 1 aliphatic heterocycles. The highest BCUT2D eigenvalue weighted by Crippen LogP contribution is 2.17. The standard InChI is InChI=1S/C18H20N4O2/c19-17(23)14-4-3-5-15(10-14)18(24)21-12-13-6-7-16(20-11-13)22-8-1-2-9-22/h3-7,10-11H,1-2,8-9,12H2,(H2,19,23)(H,21,24). The Kier molecular flexibility index (Phi) is 4.74. The summed E-state index contributed by atoms with van der Waals surface area (Å²) in [5.74, 6) is 0.185. The van der Waals surface area contributed by atoms with Gasteiger partial charge in [0, 0.05) is 37.0 Å². The van der Waals surface area contributed by atoms with Crippen molar-refractivity contribution in [1.29, 1.82) is 0 Å². The second kappa shape index (κ2) is 7.12. The zero-order valence-corrected chi connectivity index (χ0v) is 13.4. The fourth-order valence-electron chi connectivity index (χ4n) is 2.75. The van der Waals surface area contributed by atoms with Gasteiger partial charge in [-0.15, -0.1) is 0 Å². The van der Waals surface area contributed by atoms with Gasteiger partial charge in [0.1, 0.15) is 5.82 Å². The minimum absolute atomic E-state index is 0.248. The van der Waals surface area contributed by atoms with E-state index in [0.29, 0.717) is 17.7 Å². The molecule has 1 aliphatic rings. The number of hydrogen-bond acceptors (Lipinski definition) is 4. The van der Waals surface area contributed by atoms with E-state index in [9.17, 15) is 9.59 Å². The average Bonchev–Trinajstić information content (AvgIpc) is 3.15. The van der Waals surface area contributed by atoms with E-state index in [4.69, 9.17) is 5.73 Å². The van der Waals surface area contributed by atoms with Crippen LogP contribution in [0, 0.1) is 0 Å². The molecule has 124 valence electrons. The Morgan fingerprint density at radius 3 is 2.54 bits per heavy atom. The van der Waals surface area contributed by atoms with Gasteiger partial charge in [0.05, 0.1) is 0 Å². The molecular weight excluding hydrogens is 304 g/mol. The zero-order chi connectivity index (χ0) is 16.9. The van der Waals surface area contributed by atoms with Crippen LogP contribution in [0.5, 0.6) is 0 Å². The minimum atomic E-state index is -0.550. The van der Waals surface area contributed by atoms with Crippen LogP contribution in [0.3, 0.4) is 0 Å². The van der Waals surface area contributed by atoms with Gasteiger partial charge in [0.15, 0.2) is 0 Å². The van der Waals surface area contributed by atoms with Crippen LogP contribution in [0.2, 0.25) is 0 Å². The van der Waals surface area contributed by atoms with Crippen molar-refractivity contribution >= 4 is 17.6 Å². The first kappa shape index (κ1) is 16.0. The first-order valence-electron chi connectivity index (χ1n) is 8.01. The van der Waals surface area contributed by atoms with Crippen molar-refractivity contribution in [1.82, 2.24) is 10.3 Å². The van der Waals surface area contributed by atoms with E-state index < -0.39 is 5.91 Å². The van der Waals surface area contributed by atoms with Crippen molar-refractivity contribution in [3.05, 3.63) is 59.3 Å². The molecule has 6 heteroatoms. The summed E-state index contributed by atoms with van der Waals surface area (Å²) in [7, 11) is 0. The Hall–Kier alpha value is -2.89. The maximum atomic E-state index is 12.2. The summed E-state index contributed by atoms with van der Waals surface area (Å²) in [6.45, 7) is 2.49. The molecule has 3 N–H and O–H groups in total. The van der Waals surface area contributed by atoms with Gasteiger partial charge < -0.3 is 16.0 Å². The lowest BCUT2D eigenvalue weighted by molar-refractivity contribution is 0.0951. The number of primary amides is 1. The molecule has 0 saturated carbocycles. The number of benzene rings is 1. The molecule has 0 radical (unpaired) electrons. The number of carbonyl (C=O) groups is 2. The van der Waals surface area contributed by atoms with Crippen LogP contribution < -0.4 is 16.0 Å². The van der Waals surface area contributed by atoms with Crippen LogP contribution in [0.25, 0.3) is 0 Å². The normalized spacial score (nSPS) is 13.8. The number of anilines is 1. The number of nitrogens with zero attached hydrogens (tertiary/aromatic N) is 2. The second-order valence-electron chi connectivity index (χ2n) is 5.85. The van der Waals surface area contributed by atoms with Crippen molar-refractivity contribution in [2.45, 2.75) is 19.4 Å². The predicted octanol–water partition coefficient (Wildman–Crippen LogP) is 1.71. The molecule has 1 aromatic carbocycles. The number of nitrogens with two attached hydrogens (primary N) is 1. The van der Waals surface area contributed by atoms with Gasteiger partial charge in [-0.1, -0.05) is 12.1 Å².